The third-order valence-corrected chi connectivity index (χ3v) is 4.82. The topological polar surface area (TPSA) is 50.9 Å². The lowest BCUT2D eigenvalue weighted by molar-refractivity contribution is 0.373. The highest BCUT2D eigenvalue weighted by Gasteiger charge is 2.19. The Balaban J connectivity index is 1.75. The van der Waals surface area contributed by atoms with E-state index in [2.05, 4.69) is 11.4 Å². The van der Waals surface area contributed by atoms with Crippen molar-refractivity contribution in [3.8, 4) is 0 Å². The predicted octanol–water partition coefficient (Wildman–Crippen LogP) is 3.20. The van der Waals surface area contributed by atoms with Crippen molar-refractivity contribution in [2.24, 2.45) is 11.7 Å². The number of aryl methyl sites for hydroxylation is 2. The molecular formula is C16H23N3S. The fourth-order valence-corrected chi connectivity index (χ4v) is 3.58. The van der Waals surface area contributed by atoms with E-state index in [1.54, 1.807) is 0 Å². The van der Waals surface area contributed by atoms with Gasteiger partial charge in [0.25, 0.3) is 0 Å². The molecule has 108 valence electrons. The zero-order valence-electron chi connectivity index (χ0n) is 12.0. The number of aromatic nitrogens is 1. The summed E-state index contributed by atoms with van der Waals surface area (Å²) in [6.45, 7) is 1.00. The number of nitrogens with two attached hydrogens (primary N) is 1. The summed E-state index contributed by atoms with van der Waals surface area (Å²) >= 11 is 5.19. The molecule has 3 rings (SSSR count). The maximum atomic E-state index is 5.87. The lowest BCUT2D eigenvalue weighted by Crippen LogP contribution is -2.21. The first-order valence-electron chi connectivity index (χ1n) is 7.80. The van der Waals surface area contributed by atoms with Crippen molar-refractivity contribution in [2.45, 2.75) is 51.4 Å². The number of nitrogens with one attached hydrogen (secondary N) is 1. The molecule has 3 N–H and O–H groups in total. The molecule has 0 saturated heterocycles. The molecule has 0 bridgehead atoms. The molecule has 0 radical (unpaired) electrons. The SMILES string of the molecule is NC(=S)c1cc2c(nc1NCC1CCCCC1)CCC2. The Kier molecular flexibility index (Phi) is 4.20. The molecule has 1 fully saturated rings. The van der Waals surface area contributed by atoms with Crippen LogP contribution in [0.5, 0.6) is 0 Å². The lowest BCUT2D eigenvalue weighted by atomic mass is 9.89. The largest absolute Gasteiger partial charge is 0.389 e. The van der Waals surface area contributed by atoms with Crippen LogP contribution in [0.1, 0.15) is 55.3 Å². The average Bonchev–Trinajstić information content (AvgIpc) is 2.92. The molecule has 0 aliphatic heterocycles. The molecule has 0 aromatic carbocycles. The zero-order valence-corrected chi connectivity index (χ0v) is 12.8. The van der Waals surface area contributed by atoms with Crippen LogP contribution in [-0.2, 0) is 12.8 Å². The number of thiocarbonyl (C=S) groups is 1. The van der Waals surface area contributed by atoms with E-state index >= 15 is 0 Å². The summed E-state index contributed by atoms with van der Waals surface area (Å²) in [7, 11) is 0. The summed E-state index contributed by atoms with van der Waals surface area (Å²) in [6, 6.07) is 2.15. The molecule has 1 aromatic heterocycles. The van der Waals surface area contributed by atoms with Gasteiger partial charge < -0.3 is 11.1 Å². The van der Waals surface area contributed by atoms with E-state index in [0.717, 1.165) is 36.7 Å². The number of hydrogen-bond acceptors (Lipinski definition) is 3. The third kappa shape index (κ3) is 2.95. The lowest BCUT2D eigenvalue weighted by Gasteiger charge is -2.23. The first-order chi connectivity index (χ1) is 9.74. The van der Waals surface area contributed by atoms with Gasteiger partial charge in [0.2, 0.25) is 0 Å². The smallest absolute Gasteiger partial charge is 0.136 e. The summed E-state index contributed by atoms with van der Waals surface area (Å²) in [5.41, 5.74) is 9.36. The van der Waals surface area contributed by atoms with Gasteiger partial charge in [0, 0.05) is 12.2 Å². The molecule has 0 unspecified atom stereocenters. The van der Waals surface area contributed by atoms with Gasteiger partial charge in [0.15, 0.2) is 0 Å². The Morgan fingerprint density at radius 3 is 2.80 bits per heavy atom. The van der Waals surface area contributed by atoms with E-state index < -0.39 is 0 Å². The van der Waals surface area contributed by atoms with Crippen LogP contribution >= 0.6 is 12.2 Å². The van der Waals surface area contributed by atoms with E-state index in [1.165, 1.54) is 49.8 Å². The van der Waals surface area contributed by atoms with Gasteiger partial charge in [-0.3, -0.25) is 0 Å². The summed E-state index contributed by atoms with van der Waals surface area (Å²) in [5.74, 6) is 1.68. The van der Waals surface area contributed by atoms with Crippen molar-refractivity contribution in [1.29, 1.82) is 0 Å². The Morgan fingerprint density at radius 2 is 2.05 bits per heavy atom. The molecule has 1 saturated carbocycles. The molecule has 1 aromatic rings. The van der Waals surface area contributed by atoms with Gasteiger partial charge >= 0.3 is 0 Å². The molecule has 0 atom stereocenters. The van der Waals surface area contributed by atoms with Gasteiger partial charge in [-0.1, -0.05) is 31.5 Å². The Labute approximate surface area is 126 Å². The Morgan fingerprint density at radius 1 is 1.25 bits per heavy atom. The molecule has 3 nitrogen and oxygen atoms in total. The first-order valence-corrected chi connectivity index (χ1v) is 8.21. The monoisotopic (exact) mass is 289 g/mol. The standard InChI is InChI=1S/C16H23N3S/c17-15(20)13-9-12-7-4-8-14(12)19-16(13)18-10-11-5-2-1-3-6-11/h9,11H,1-8,10H2,(H2,17,20)(H,18,19). The van der Waals surface area contributed by atoms with E-state index in [4.69, 9.17) is 22.9 Å². The van der Waals surface area contributed by atoms with Gasteiger partial charge in [-0.2, -0.15) is 0 Å². The average molecular weight is 289 g/mol. The zero-order chi connectivity index (χ0) is 13.9. The van der Waals surface area contributed by atoms with Crippen LogP contribution in [0.15, 0.2) is 6.07 Å². The van der Waals surface area contributed by atoms with Gasteiger partial charge in [0.1, 0.15) is 10.8 Å². The molecule has 0 spiro atoms. The molecule has 2 aliphatic carbocycles. The van der Waals surface area contributed by atoms with E-state index in [0.29, 0.717) is 4.99 Å². The van der Waals surface area contributed by atoms with Crippen molar-refractivity contribution in [1.82, 2.24) is 4.98 Å². The third-order valence-electron chi connectivity index (χ3n) is 4.60. The van der Waals surface area contributed by atoms with Gasteiger partial charge in [-0.25, -0.2) is 4.98 Å². The summed E-state index contributed by atoms with van der Waals surface area (Å²) < 4.78 is 0. The molecule has 20 heavy (non-hydrogen) atoms. The number of pyridine rings is 1. The van der Waals surface area contributed by atoms with Crippen LogP contribution in [-0.4, -0.2) is 16.5 Å². The number of rotatable bonds is 4. The van der Waals surface area contributed by atoms with Gasteiger partial charge in [-0.05, 0) is 49.7 Å². The van der Waals surface area contributed by atoms with Gasteiger partial charge in [-0.15, -0.1) is 0 Å². The first kappa shape index (κ1) is 13.8. The highest BCUT2D eigenvalue weighted by Crippen LogP contribution is 2.27. The van der Waals surface area contributed by atoms with Crippen LogP contribution in [0.3, 0.4) is 0 Å². The molecule has 1 heterocycles. The van der Waals surface area contributed by atoms with E-state index in [-0.39, 0.29) is 0 Å². The molecule has 0 amide bonds. The second-order valence-electron chi connectivity index (χ2n) is 6.09. The fraction of sp³-hybridized carbons (Fsp3) is 0.625. The Bertz CT molecular complexity index is 507. The highest BCUT2D eigenvalue weighted by molar-refractivity contribution is 7.80. The second-order valence-corrected chi connectivity index (χ2v) is 6.53. The quantitative estimate of drug-likeness (QED) is 0.836. The van der Waals surface area contributed by atoms with Crippen LogP contribution in [0, 0.1) is 5.92 Å². The molecular weight excluding hydrogens is 266 g/mol. The van der Waals surface area contributed by atoms with Crippen LogP contribution in [0.4, 0.5) is 5.82 Å². The van der Waals surface area contributed by atoms with E-state index in [1.807, 2.05) is 0 Å². The van der Waals surface area contributed by atoms with Crippen LogP contribution in [0.2, 0.25) is 0 Å². The van der Waals surface area contributed by atoms with E-state index in [9.17, 15) is 0 Å². The minimum atomic E-state index is 0.457. The van der Waals surface area contributed by atoms with Crippen LogP contribution < -0.4 is 11.1 Å². The van der Waals surface area contributed by atoms with Crippen molar-refractivity contribution in [3.05, 3.63) is 22.9 Å². The van der Waals surface area contributed by atoms with Crippen LogP contribution in [0.25, 0.3) is 0 Å². The number of hydrogen-bond donors (Lipinski definition) is 2. The normalized spacial score (nSPS) is 18.8. The van der Waals surface area contributed by atoms with Crippen molar-refractivity contribution < 1.29 is 0 Å². The highest BCUT2D eigenvalue weighted by atomic mass is 32.1. The summed E-state index contributed by atoms with van der Waals surface area (Å²) in [6.07, 6.45) is 10.2. The number of anilines is 1. The summed E-state index contributed by atoms with van der Waals surface area (Å²) in [5, 5.41) is 3.52. The minimum absolute atomic E-state index is 0.457. The number of nitrogens with zero attached hydrogens (tertiary/aromatic N) is 1. The number of fused-ring (bicyclic) bond motifs is 1. The maximum Gasteiger partial charge on any atom is 0.136 e. The van der Waals surface area contributed by atoms with Gasteiger partial charge in [0.05, 0.1) is 5.56 Å². The van der Waals surface area contributed by atoms with Crippen molar-refractivity contribution in [3.63, 3.8) is 0 Å². The second kappa shape index (κ2) is 6.08. The molecule has 4 heteroatoms. The van der Waals surface area contributed by atoms with Crippen molar-refractivity contribution >= 4 is 23.0 Å². The Hall–Kier alpha value is -1.16. The molecule has 2 aliphatic rings. The minimum Gasteiger partial charge on any atom is -0.389 e. The summed E-state index contributed by atoms with van der Waals surface area (Å²) in [4.78, 5) is 5.24. The van der Waals surface area contributed by atoms with Crippen molar-refractivity contribution in [2.75, 3.05) is 11.9 Å². The predicted molar refractivity (Wildman–Crippen MR) is 87.2 cm³/mol. The maximum absolute atomic E-state index is 5.87. The fourth-order valence-electron chi connectivity index (χ4n) is 3.43.